The maximum absolute atomic E-state index is 11.5. The molecule has 4 heterocycles. The van der Waals surface area contributed by atoms with Gasteiger partial charge in [-0.15, -0.1) is 0 Å². The largest absolute Gasteiger partial charge is 0.356 e. The first-order chi connectivity index (χ1) is 11.6. The summed E-state index contributed by atoms with van der Waals surface area (Å²) in [5.74, 6) is 2.49. The van der Waals surface area contributed by atoms with Crippen molar-refractivity contribution >= 4 is 5.82 Å². The number of aryl methyl sites for hydroxylation is 2. The van der Waals surface area contributed by atoms with Crippen LogP contribution in [0.1, 0.15) is 11.1 Å². The average Bonchev–Trinajstić information content (AvgIpc) is 3.09. The third-order valence-electron chi connectivity index (χ3n) is 5.28. The van der Waals surface area contributed by atoms with Gasteiger partial charge in [0.1, 0.15) is 12.1 Å². The van der Waals surface area contributed by atoms with Crippen molar-refractivity contribution in [1.29, 1.82) is 0 Å². The Morgan fingerprint density at radius 2 is 1.92 bits per heavy atom. The Labute approximate surface area is 141 Å². The maximum Gasteiger partial charge on any atom is 0.250 e. The molecule has 126 valence electrons. The van der Waals surface area contributed by atoms with Gasteiger partial charge in [0.2, 0.25) is 5.56 Å². The van der Waals surface area contributed by atoms with Crippen molar-refractivity contribution in [3.63, 3.8) is 0 Å². The molecule has 0 bridgehead atoms. The highest BCUT2D eigenvalue weighted by Gasteiger charge is 2.40. The quantitative estimate of drug-likeness (QED) is 0.844. The molecule has 4 rings (SSSR count). The van der Waals surface area contributed by atoms with Gasteiger partial charge >= 0.3 is 0 Å². The van der Waals surface area contributed by atoms with E-state index in [9.17, 15) is 4.79 Å². The fraction of sp³-hybridized carbons (Fsp3) is 0.500. The number of hydrogen-bond donors (Lipinski definition) is 0. The van der Waals surface area contributed by atoms with Crippen molar-refractivity contribution in [2.75, 3.05) is 31.1 Å². The number of aromatic nitrogens is 3. The zero-order valence-electron chi connectivity index (χ0n) is 14.2. The molecule has 2 aliphatic rings. The van der Waals surface area contributed by atoms with Crippen molar-refractivity contribution in [1.82, 2.24) is 19.4 Å². The Kier molecular flexibility index (Phi) is 3.84. The summed E-state index contributed by atoms with van der Waals surface area (Å²) in [5, 5.41) is 0. The Morgan fingerprint density at radius 1 is 1.17 bits per heavy atom. The number of nitrogens with zero attached hydrogens (tertiary/aromatic N) is 5. The molecule has 2 unspecified atom stereocenters. The normalized spacial score (nSPS) is 23.7. The highest BCUT2D eigenvalue weighted by molar-refractivity contribution is 5.46. The number of fused-ring (bicyclic) bond motifs is 1. The van der Waals surface area contributed by atoms with Gasteiger partial charge in [0.25, 0.3) is 0 Å². The molecule has 0 saturated carbocycles. The topological polar surface area (TPSA) is 54.3 Å². The van der Waals surface area contributed by atoms with Crippen molar-refractivity contribution in [3.05, 3.63) is 52.3 Å². The summed E-state index contributed by atoms with van der Waals surface area (Å²) < 4.78 is 1.66. The molecule has 2 fully saturated rings. The first-order valence-electron chi connectivity index (χ1n) is 8.49. The van der Waals surface area contributed by atoms with Crippen molar-refractivity contribution in [2.45, 2.75) is 13.5 Å². The molecule has 6 nitrogen and oxygen atoms in total. The van der Waals surface area contributed by atoms with Crippen LogP contribution in [0.15, 0.2) is 35.6 Å². The first kappa shape index (κ1) is 15.3. The number of hydrogen-bond acceptors (Lipinski definition) is 5. The lowest BCUT2D eigenvalue weighted by atomic mass is 10.0. The summed E-state index contributed by atoms with van der Waals surface area (Å²) in [5.41, 5.74) is 2.41. The molecule has 0 N–H and O–H groups in total. The van der Waals surface area contributed by atoms with Gasteiger partial charge < -0.3 is 9.47 Å². The second-order valence-electron chi connectivity index (χ2n) is 7.14. The molecule has 0 amide bonds. The van der Waals surface area contributed by atoms with Crippen LogP contribution in [0.4, 0.5) is 5.82 Å². The van der Waals surface area contributed by atoms with Crippen LogP contribution in [0.25, 0.3) is 0 Å². The van der Waals surface area contributed by atoms with Crippen LogP contribution in [0.5, 0.6) is 0 Å². The van der Waals surface area contributed by atoms with Gasteiger partial charge in [-0.05, 0) is 24.3 Å². The predicted octanol–water partition coefficient (Wildman–Crippen LogP) is 1.05. The minimum atomic E-state index is 0.0490. The molecular formula is C18H23N5O. The van der Waals surface area contributed by atoms with E-state index in [4.69, 9.17) is 0 Å². The summed E-state index contributed by atoms with van der Waals surface area (Å²) in [7, 11) is 1.81. The lowest BCUT2D eigenvalue weighted by Crippen LogP contribution is -2.29. The van der Waals surface area contributed by atoms with Crippen LogP contribution < -0.4 is 10.5 Å². The minimum absolute atomic E-state index is 0.0490. The standard InChI is InChI=1S/C18H23N5O/c1-13-5-19-12-20-18(13)23-10-15-8-22(9-16(15)11-23)7-14-3-4-17(24)21(2)6-14/h3-6,12,15-16H,7-11H2,1-2H3. The van der Waals surface area contributed by atoms with Crippen LogP contribution in [0, 0.1) is 18.8 Å². The average molecular weight is 325 g/mol. The first-order valence-corrected chi connectivity index (χ1v) is 8.49. The van der Waals surface area contributed by atoms with E-state index in [2.05, 4.69) is 26.7 Å². The molecule has 0 aromatic carbocycles. The number of anilines is 1. The molecule has 0 spiro atoms. The highest BCUT2D eigenvalue weighted by Crippen LogP contribution is 2.34. The lowest BCUT2D eigenvalue weighted by Gasteiger charge is -2.23. The molecule has 6 heteroatoms. The summed E-state index contributed by atoms with van der Waals surface area (Å²) >= 11 is 0. The summed E-state index contributed by atoms with van der Waals surface area (Å²) in [6.45, 7) is 7.39. The van der Waals surface area contributed by atoms with Gasteiger partial charge in [-0.3, -0.25) is 9.69 Å². The van der Waals surface area contributed by atoms with Gasteiger partial charge in [0.15, 0.2) is 0 Å². The van der Waals surface area contributed by atoms with E-state index in [1.807, 2.05) is 25.5 Å². The zero-order chi connectivity index (χ0) is 16.7. The third-order valence-corrected chi connectivity index (χ3v) is 5.28. The van der Waals surface area contributed by atoms with Crippen LogP contribution in [0.2, 0.25) is 0 Å². The van der Waals surface area contributed by atoms with Crippen LogP contribution in [-0.4, -0.2) is 45.6 Å². The van der Waals surface area contributed by atoms with E-state index in [0.717, 1.165) is 44.1 Å². The number of likely N-dealkylation sites (tertiary alicyclic amines) is 1. The van der Waals surface area contributed by atoms with Crippen LogP contribution in [0.3, 0.4) is 0 Å². The molecule has 2 aromatic rings. The zero-order valence-corrected chi connectivity index (χ0v) is 14.2. The van der Waals surface area contributed by atoms with Crippen molar-refractivity contribution in [2.24, 2.45) is 18.9 Å². The highest BCUT2D eigenvalue weighted by atomic mass is 16.1. The SMILES string of the molecule is Cc1cncnc1N1CC2CN(Cc3ccc(=O)n(C)c3)CC2C1. The molecule has 2 atom stereocenters. The maximum atomic E-state index is 11.5. The van der Waals surface area contributed by atoms with Gasteiger partial charge in [-0.25, -0.2) is 9.97 Å². The molecule has 2 aromatic heterocycles. The van der Waals surface area contributed by atoms with Gasteiger partial charge in [-0.1, -0.05) is 6.07 Å². The molecule has 2 saturated heterocycles. The summed E-state index contributed by atoms with van der Waals surface area (Å²) in [6, 6.07) is 3.61. The van der Waals surface area contributed by atoms with Crippen LogP contribution in [-0.2, 0) is 13.6 Å². The molecule has 2 aliphatic heterocycles. The van der Waals surface area contributed by atoms with E-state index in [1.165, 1.54) is 5.56 Å². The minimum Gasteiger partial charge on any atom is -0.356 e. The van der Waals surface area contributed by atoms with Crippen LogP contribution >= 0.6 is 0 Å². The second-order valence-corrected chi connectivity index (χ2v) is 7.14. The van der Waals surface area contributed by atoms with Gasteiger partial charge in [0, 0.05) is 63.8 Å². The Morgan fingerprint density at radius 3 is 2.58 bits per heavy atom. The molecule has 0 radical (unpaired) electrons. The number of pyridine rings is 1. The molecule has 0 aliphatic carbocycles. The van der Waals surface area contributed by atoms with E-state index in [1.54, 1.807) is 17.0 Å². The Balaban J connectivity index is 1.40. The van der Waals surface area contributed by atoms with Gasteiger partial charge in [-0.2, -0.15) is 0 Å². The smallest absolute Gasteiger partial charge is 0.250 e. The predicted molar refractivity (Wildman–Crippen MR) is 92.9 cm³/mol. The second kappa shape index (κ2) is 6.02. The Bertz CT molecular complexity index is 788. The monoisotopic (exact) mass is 325 g/mol. The number of rotatable bonds is 3. The van der Waals surface area contributed by atoms with Crippen molar-refractivity contribution in [3.8, 4) is 0 Å². The summed E-state index contributed by atoms with van der Waals surface area (Å²) in [4.78, 5) is 25.0. The fourth-order valence-electron chi connectivity index (χ4n) is 4.12. The third kappa shape index (κ3) is 2.82. The van der Waals surface area contributed by atoms with E-state index >= 15 is 0 Å². The molecule has 24 heavy (non-hydrogen) atoms. The van der Waals surface area contributed by atoms with E-state index < -0.39 is 0 Å². The molecular weight excluding hydrogens is 302 g/mol. The van der Waals surface area contributed by atoms with Gasteiger partial charge in [0.05, 0.1) is 0 Å². The van der Waals surface area contributed by atoms with E-state index in [-0.39, 0.29) is 5.56 Å². The fourth-order valence-corrected chi connectivity index (χ4v) is 4.12. The van der Waals surface area contributed by atoms with E-state index in [0.29, 0.717) is 11.8 Å². The lowest BCUT2D eigenvalue weighted by molar-refractivity contribution is 0.308. The summed E-state index contributed by atoms with van der Waals surface area (Å²) in [6.07, 6.45) is 5.48. The Hall–Kier alpha value is -2.21. The van der Waals surface area contributed by atoms with Crippen molar-refractivity contribution < 1.29 is 0 Å².